The number of hydrazine groups is 1. The summed E-state index contributed by atoms with van der Waals surface area (Å²) in [5, 5.41) is 14.0. The number of hydrogen-bond donors (Lipinski definition) is 3. The maximum atomic E-state index is 12.9. The van der Waals surface area contributed by atoms with Gasteiger partial charge in [0.15, 0.2) is 0 Å². The van der Waals surface area contributed by atoms with Crippen molar-refractivity contribution in [2.75, 3.05) is 10.7 Å². The lowest BCUT2D eigenvalue weighted by Crippen LogP contribution is -2.30. The van der Waals surface area contributed by atoms with Crippen molar-refractivity contribution in [1.29, 1.82) is 0 Å². The van der Waals surface area contributed by atoms with Crippen LogP contribution in [0, 0.1) is 10.1 Å². The molecule has 0 radical (unpaired) electrons. The third kappa shape index (κ3) is 5.45. The van der Waals surface area contributed by atoms with Crippen molar-refractivity contribution in [3.05, 3.63) is 80.6 Å². The second-order valence-electron chi connectivity index (χ2n) is 5.97. The quantitative estimate of drug-likeness (QED) is 0.334. The van der Waals surface area contributed by atoms with Crippen LogP contribution < -0.4 is 16.2 Å². The highest BCUT2D eigenvalue weighted by Gasteiger charge is 2.31. The molecular weight excluding hydrogens is 485 g/mol. The Morgan fingerprint density at radius 1 is 1.06 bits per heavy atom. The molecule has 13 heteroatoms. The highest BCUT2D eigenvalue weighted by molar-refractivity contribution is 9.10. The van der Waals surface area contributed by atoms with Crippen LogP contribution in [0.5, 0.6) is 0 Å². The van der Waals surface area contributed by atoms with Crippen LogP contribution in [0.15, 0.2) is 59.3 Å². The molecule has 31 heavy (non-hydrogen) atoms. The first-order chi connectivity index (χ1) is 14.6. The summed E-state index contributed by atoms with van der Waals surface area (Å²) in [4.78, 5) is 30.4. The van der Waals surface area contributed by atoms with E-state index in [2.05, 4.69) is 42.1 Å². The Morgan fingerprint density at radius 2 is 1.74 bits per heavy atom. The lowest BCUT2D eigenvalue weighted by atomic mass is 10.2. The van der Waals surface area contributed by atoms with Crippen LogP contribution in [0.25, 0.3) is 0 Å². The zero-order valence-corrected chi connectivity index (χ0v) is 16.9. The summed E-state index contributed by atoms with van der Waals surface area (Å²) in [6.45, 7) is 0. The van der Waals surface area contributed by atoms with Crippen molar-refractivity contribution >= 4 is 44.8 Å². The minimum absolute atomic E-state index is 0.0681. The van der Waals surface area contributed by atoms with Gasteiger partial charge >= 0.3 is 11.9 Å². The van der Waals surface area contributed by atoms with Gasteiger partial charge in [0.1, 0.15) is 6.33 Å². The molecule has 0 aliphatic heterocycles. The molecule has 0 aliphatic carbocycles. The molecule has 3 aromatic rings. The first-order valence-electron chi connectivity index (χ1n) is 8.41. The third-order valence-corrected chi connectivity index (χ3v) is 4.39. The van der Waals surface area contributed by atoms with E-state index in [4.69, 9.17) is 0 Å². The Labute approximate surface area is 181 Å². The Bertz CT molecular complexity index is 1130. The minimum atomic E-state index is -4.58. The van der Waals surface area contributed by atoms with Crippen LogP contribution in [0.4, 0.5) is 36.2 Å². The Morgan fingerprint density at radius 3 is 2.39 bits per heavy atom. The van der Waals surface area contributed by atoms with Crippen LogP contribution in [0.1, 0.15) is 15.9 Å². The van der Waals surface area contributed by atoms with E-state index in [0.717, 1.165) is 29.0 Å². The number of halogens is 4. The standard InChI is InChI=1S/C18H12BrF3N6O3/c19-12-6-4-10(5-7-12)17(29)27-26-16-14(28(30)31)15(23-9-24-16)25-13-3-1-2-11(8-13)18(20,21)22/h1-9H,(H,27,29)(H2,23,24,25,26). The zero-order chi connectivity index (χ0) is 22.6. The molecule has 0 fully saturated rings. The second kappa shape index (κ2) is 8.95. The summed E-state index contributed by atoms with van der Waals surface area (Å²) in [5.41, 5.74) is 3.22. The number of rotatable bonds is 6. The molecule has 0 bridgehead atoms. The van der Waals surface area contributed by atoms with Crippen LogP contribution in [0.3, 0.4) is 0 Å². The molecule has 1 amide bonds. The SMILES string of the molecule is O=C(NNc1ncnc(Nc2cccc(C(F)(F)F)c2)c1[N+](=O)[O-])c1ccc(Br)cc1. The number of benzene rings is 2. The van der Waals surface area contributed by atoms with Gasteiger partial charge in [0.2, 0.25) is 11.6 Å². The normalized spacial score (nSPS) is 11.0. The van der Waals surface area contributed by atoms with Gasteiger partial charge in [0.05, 0.1) is 10.5 Å². The van der Waals surface area contributed by atoms with Gasteiger partial charge in [-0.25, -0.2) is 9.97 Å². The number of hydrogen-bond acceptors (Lipinski definition) is 7. The largest absolute Gasteiger partial charge is 0.416 e. The first kappa shape index (κ1) is 22.0. The van der Waals surface area contributed by atoms with Gasteiger partial charge < -0.3 is 5.32 Å². The molecule has 0 saturated heterocycles. The fourth-order valence-corrected chi connectivity index (χ4v) is 2.70. The number of carbonyl (C=O) groups excluding carboxylic acids is 1. The van der Waals surface area contributed by atoms with Crippen molar-refractivity contribution < 1.29 is 22.9 Å². The number of aromatic nitrogens is 2. The van der Waals surface area contributed by atoms with Crippen LogP contribution >= 0.6 is 15.9 Å². The number of nitrogens with one attached hydrogen (secondary N) is 3. The number of amides is 1. The predicted molar refractivity (Wildman–Crippen MR) is 109 cm³/mol. The summed E-state index contributed by atoms with van der Waals surface area (Å²) in [7, 11) is 0. The van der Waals surface area contributed by atoms with E-state index >= 15 is 0 Å². The number of carbonyl (C=O) groups is 1. The van der Waals surface area contributed by atoms with Crippen molar-refractivity contribution in [2.24, 2.45) is 0 Å². The van der Waals surface area contributed by atoms with E-state index in [0.29, 0.717) is 0 Å². The van der Waals surface area contributed by atoms with Crippen LogP contribution in [-0.2, 0) is 6.18 Å². The topological polar surface area (TPSA) is 122 Å². The number of alkyl halides is 3. The maximum Gasteiger partial charge on any atom is 0.416 e. The van der Waals surface area contributed by atoms with E-state index < -0.39 is 28.3 Å². The molecule has 0 saturated carbocycles. The summed E-state index contributed by atoms with van der Waals surface area (Å²) < 4.78 is 39.5. The van der Waals surface area contributed by atoms with Gasteiger partial charge in [0, 0.05) is 15.7 Å². The molecule has 1 aromatic heterocycles. The molecule has 0 atom stereocenters. The Kier molecular flexibility index (Phi) is 6.34. The van der Waals surface area contributed by atoms with Gasteiger partial charge in [-0.1, -0.05) is 22.0 Å². The van der Waals surface area contributed by atoms with Gasteiger partial charge in [0.25, 0.3) is 5.91 Å². The van der Waals surface area contributed by atoms with E-state index in [1.54, 1.807) is 12.1 Å². The Hall–Kier alpha value is -3.74. The van der Waals surface area contributed by atoms with Crippen molar-refractivity contribution in [2.45, 2.75) is 6.18 Å². The molecule has 3 rings (SSSR count). The highest BCUT2D eigenvalue weighted by Crippen LogP contribution is 2.34. The number of nitro groups is 1. The molecule has 3 N–H and O–H groups in total. The molecule has 9 nitrogen and oxygen atoms in total. The molecule has 0 spiro atoms. The average Bonchev–Trinajstić information content (AvgIpc) is 2.72. The molecular formula is C18H12BrF3N6O3. The molecule has 0 unspecified atom stereocenters. The smallest absolute Gasteiger partial charge is 0.334 e. The fourth-order valence-electron chi connectivity index (χ4n) is 2.43. The first-order valence-corrected chi connectivity index (χ1v) is 9.20. The molecule has 1 heterocycles. The molecule has 160 valence electrons. The van der Waals surface area contributed by atoms with Crippen molar-refractivity contribution in [3.63, 3.8) is 0 Å². The van der Waals surface area contributed by atoms with E-state index in [1.165, 1.54) is 18.2 Å². The van der Waals surface area contributed by atoms with Crippen LogP contribution in [0.2, 0.25) is 0 Å². The summed E-state index contributed by atoms with van der Waals surface area (Å²) in [6, 6.07) is 10.4. The van der Waals surface area contributed by atoms with Crippen molar-refractivity contribution in [3.8, 4) is 0 Å². The maximum absolute atomic E-state index is 12.9. The third-order valence-electron chi connectivity index (χ3n) is 3.86. The fraction of sp³-hybridized carbons (Fsp3) is 0.0556. The highest BCUT2D eigenvalue weighted by atomic mass is 79.9. The van der Waals surface area contributed by atoms with E-state index in [9.17, 15) is 28.1 Å². The predicted octanol–water partition coefficient (Wildman–Crippen LogP) is 4.67. The van der Waals surface area contributed by atoms with Gasteiger partial charge in [-0.15, -0.1) is 0 Å². The van der Waals surface area contributed by atoms with E-state index in [1.807, 2.05) is 0 Å². The number of nitrogens with zero attached hydrogens (tertiary/aromatic N) is 3. The molecule has 0 aliphatic rings. The monoisotopic (exact) mass is 496 g/mol. The molecule has 2 aromatic carbocycles. The average molecular weight is 497 g/mol. The summed E-state index contributed by atoms with van der Waals surface area (Å²) in [6.07, 6.45) is -3.63. The van der Waals surface area contributed by atoms with Gasteiger partial charge in [-0.2, -0.15) is 13.2 Å². The zero-order valence-electron chi connectivity index (χ0n) is 15.3. The lowest BCUT2D eigenvalue weighted by molar-refractivity contribution is -0.383. The van der Waals surface area contributed by atoms with Gasteiger partial charge in [-0.05, 0) is 42.5 Å². The summed E-state index contributed by atoms with van der Waals surface area (Å²) >= 11 is 3.24. The van der Waals surface area contributed by atoms with Crippen LogP contribution in [-0.4, -0.2) is 20.8 Å². The van der Waals surface area contributed by atoms with Crippen molar-refractivity contribution in [1.82, 2.24) is 15.4 Å². The second-order valence-corrected chi connectivity index (χ2v) is 6.88. The van der Waals surface area contributed by atoms with Gasteiger partial charge in [-0.3, -0.25) is 25.8 Å². The lowest BCUT2D eigenvalue weighted by Gasteiger charge is -2.12. The minimum Gasteiger partial charge on any atom is -0.334 e. The summed E-state index contributed by atoms with van der Waals surface area (Å²) in [5.74, 6) is -1.31. The Balaban J connectivity index is 1.84. The van der Waals surface area contributed by atoms with E-state index in [-0.39, 0.29) is 22.9 Å². The number of anilines is 3.